The smallest absolute Gasteiger partial charge is 0.274 e. The molecule has 8 heteroatoms. The van der Waals surface area contributed by atoms with Crippen LogP contribution in [-0.4, -0.2) is 28.0 Å². The van der Waals surface area contributed by atoms with E-state index in [4.69, 9.17) is 4.74 Å². The van der Waals surface area contributed by atoms with Crippen LogP contribution >= 0.6 is 11.3 Å². The lowest BCUT2D eigenvalue weighted by atomic mass is 10.1. The molecule has 0 spiro atoms. The van der Waals surface area contributed by atoms with Gasteiger partial charge in [0.1, 0.15) is 16.5 Å². The third kappa shape index (κ3) is 4.44. The van der Waals surface area contributed by atoms with Gasteiger partial charge in [0.25, 0.3) is 10.0 Å². The van der Waals surface area contributed by atoms with Crippen LogP contribution < -0.4 is 14.4 Å². The van der Waals surface area contributed by atoms with Gasteiger partial charge in [0.15, 0.2) is 0 Å². The largest absolute Gasteiger partial charge is 0.495 e. The molecule has 1 aromatic heterocycles. The van der Waals surface area contributed by atoms with E-state index in [1.807, 2.05) is 26.0 Å². The first-order valence-electron chi connectivity index (χ1n) is 8.90. The maximum Gasteiger partial charge on any atom is 0.274 e. The van der Waals surface area contributed by atoms with Gasteiger partial charge in [0.05, 0.1) is 12.8 Å². The third-order valence-corrected chi connectivity index (χ3v) is 7.69. The van der Waals surface area contributed by atoms with Gasteiger partial charge < -0.3 is 10.1 Å². The number of methoxy groups -OCH3 is 1. The van der Waals surface area contributed by atoms with E-state index in [9.17, 15) is 13.2 Å². The molecule has 0 radical (unpaired) electrons. The van der Waals surface area contributed by atoms with Crippen molar-refractivity contribution in [1.82, 2.24) is 0 Å². The Balaban J connectivity index is 1.98. The predicted molar refractivity (Wildman–Crippen MR) is 116 cm³/mol. The summed E-state index contributed by atoms with van der Waals surface area (Å²) in [7, 11) is -2.47. The van der Waals surface area contributed by atoms with Gasteiger partial charge in [0, 0.05) is 5.69 Å². The van der Waals surface area contributed by atoms with E-state index in [2.05, 4.69) is 5.32 Å². The summed E-state index contributed by atoms with van der Waals surface area (Å²) < 4.78 is 33.1. The Morgan fingerprint density at radius 1 is 1.07 bits per heavy atom. The summed E-state index contributed by atoms with van der Waals surface area (Å²) in [6.07, 6.45) is 0. The van der Waals surface area contributed by atoms with E-state index in [0.29, 0.717) is 17.1 Å². The van der Waals surface area contributed by atoms with Crippen LogP contribution in [0.3, 0.4) is 0 Å². The fourth-order valence-electron chi connectivity index (χ4n) is 2.86. The van der Waals surface area contributed by atoms with Crippen molar-refractivity contribution in [2.45, 2.75) is 18.1 Å². The van der Waals surface area contributed by atoms with E-state index in [1.165, 1.54) is 13.2 Å². The minimum absolute atomic E-state index is 0.156. The molecule has 0 fully saturated rings. The van der Waals surface area contributed by atoms with Gasteiger partial charge in [-0.3, -0.25) is 9.10 Å². The highest BCUT2D eigenvalue weighted by molar-refractivity contribution is 7.94. The van der Waals surface area contributed by atoms with Crippen molar-refractivity contribution in [2.24, 2.45) is 0 Å². The first-order chi connectivity index (χ1) is 13.8. The lowest BCUT2D eigenvalue weighted by Crippen LogP contribution is -2.38. The van der Waals surface area contributed by atoms with Gasteiger partial charge >= 0.3 is 0 Å². The number of carbonyl (C=O) groups is 1. The first-order valence-corrected chi connectivity index (χ1v) is 11.2. The molecule has 0 bridgehead atoms. The summed E-state index contributed by atoms with van der Waals surface area (Å²) in [4.78, 5) is 12.8. The molecule has 3 rings (SSSR count). The monoisotopic (exact) mass is 430 g/mol. The van der Waals surface area contributed by atoms with E-state index < -0.39 is 15.9 Å². The summed E-state index contributed by atoms with van der Waals surface area (Å²) >= 11 is 1.10. The quantitative estimate of drug-likeness (QED) is 0.609. The number of amides is 1. The first kappa shape index (κ1) is 20.9. The number of benzene rings is 2. The van der Waals surface area contributed by atoms with Crippen molar-refractivity contribution >= 4 is 38.6 Å². The molecule has 0 aliphatic heterocycles. The van der Waals surface area contributed by atoms with Crippen molar-refractivity contribution in [3.05, 3.63) is 71.1 Å². The number of ether oxygens (including phenoxy) is 1. The second-order valence-corrected chi connectivity index (χ2v) is 9.45. The van der Waals surface area contributed by atoms with Crippen molar-refractivity contribution in [2.75, 3.05) is 23.3 Å². The molecule has 1 amide bonds. The number of rotatable bonds is 7. The number of hydrogen-bond donors (Lipinski definition) is 1. The number of nitrogens with one attached hydrogen (secondary N) is 1. The van der Waals surface area contributed by atoms with E-state index in [1.54, 1.807) is 41.8 Å². The molecule has 0 aliphatic rings. The number of thiophene rings is 1. The number of sulfonamides is 1. The molecule has 0 saturated heterocycles. The molecule has 6 nitrogen and oxygen atoms in total. The minimum atomic E-state index is -3.94. The molecular formula is C21H22N2O4S2. The summed E-state index contributed by atoms with van der Waals surface area (Å²) in [6, 6.07) is 15.5. The Morgan fingerprint density at radius 2 is 1.83 bits per heavy atom. The highest BCUT2D eigenvalue weighted by Crippen LogP contribution is 2.33. The van der Waals surface area contributed by atoms with E-state index in [0.717, 1.165) is 26.8 Å². The van der Waals surface area contributed by atoms with Gasteiger partial charge in [-0.05, 0) is 54.6 Å². The number of nitrogens with zero attached hydrogens (tertiary/aromatic N) is 1. The maximum absolute atomic E-state index is 13.3. The molecule has 2 aromatic carbocycles. The maximum atomic E-state index is 13.3. The number of carbonyl (C=O) groups excluding carboxylic acids is 1. The number of aryl methyl sites for hydroxylation is 1. The van der Waals surface area contributed by atoms with Crippen LogP contribution in [0.25, 0.3) is 0 Å². The molecular weight excluding hydrogens is 408 g/mol. The zero-order chi connectivity index (χ0) is 21.0. The second kappa shape index (κ2) is 8.67. The Hall–Kier alpha value is -2.84. The van der Waals surface area contributed by atoms with Crippen molar-refractivity contribution in [3.8, 4) is 5.75 Å². The van der Waals surface area contributed by atoms with Gasteiger partial charge in [-0.25, -0.2) is 8.42 Å². The second-order valence-electron chi connectivity index (χ2n) is 6.41. The van der Waals surface area contributed by atoms with Crippen molar-refractivity contribution in [3.63, 3.8) is 0 Å². The molecule has 0 atom stereocenters. The van der Waals surface area contributed by atoms with Crippen LogP contribution in [0.1, 0.15) is 11.1 Å². The molecule has 3 aromatic rings. The zero-order valence-electron chi connectivity index (χ0n) is 16.4. The van der Waals surface area contributed by atoms with Gasteiger partial charge in [-0.15, -0.1) is 11.3 Å². The topological polar surface area (TPSA) is 75.7 Å². The Kier molecular flexibility index (Phi) is 6.24. The molecule has 1 N–H and O–H groups in total. The molecule has 1 heterocycles. The molecule has 29 heavy (non-hydrogen) atoms. The average molecular weight is 431 g/mol. The third-order valence-electron chi connectivity index (χ3n) is 4.56. The highest BCUT2D eigenvalue weighted by Gasteiger charge is 2.30. The van der Waals surface area contributed by atoms with E-state index >= 15 is 0 Å². The summed E-state index contributed by atoms with van der Waals surface area (Å²) in [6.45, 7) is 3.48. The SMILES string of the molecule is COc1ccccc1N(CC(=O)Nc1cccc(C)c1C)S(=O)(=O)c1cccs1. The Morgan fingerprint density at radius 3 is 2.52 bits per heavy atom. The molecule has 0 aliphatic carbocycles. The fourth-order valence-corrected chi connectivity index (χ4v) is 5.40. The van der Waals surface area contributed by atoms with Crippen LogP contribution in [0.2, 0.25) is 0 Å². The standard InChI is InChI=1S/C21H22N2O4S2/c1-15-8-6-9-17(16(15)2)22-20(24)14-23(18-10-4-5-11-19(18)27-3)29(25,26)21-12-7-13-28-21/h4-13H,14H2,1-3H3,(H,22,24). The van der Waals surface area contributed by atoms with Crippen LogP contribution in [0, 0.1) is 13.8 Å². The Bertz CT molecular complexity index is 1110. The average Bonchev–Trinajstić information content (AvgIpc) is 3.25. The van der Waals surface area contributed by atoms with Gasteiger partial charge in [-0.2, -0.15) is 0 Å². The van der Waals surface area contributed by atoms with Crippen LogP contribution in [0.4, 0.5) is 11.4 Å². The van der Waals surface area contributed by atoms with Crippen molar-refractivity contribution < 1.29 is 17.9 Å². The van der Waals surface area contributed by atoms with Gasteiger partial charge in [-0.1, -0.05) is 30.3 Å². The van der Waals surface area contributed by atoms with E-state index in [-0.39, 0.29) is 10.8 Å². The highest BCUT2D eigenvalue weighted by atomic mass is 32.2. The fraction of sp³-hybridized carbons (Fsp3) is 0.190. The normalized spacial score (nSPS) is 11.1. The molecule has 0 saturated carbocycles. The molecule has 152 valence electrons. The lowest BCUT2D eigenvalue weighted by molar-refractivity contribution is -0.114. The van der Waals surface area contributed by atoms with Crippen LogP contribution in [-0.2, 0) is 14.8 Å². The number of anilines is 2. The minimum Gasteiger partial charge on any atom is -0.495 e. The zero-order valence-corrected chi connectivity index (χ0v) is 18.0. The van der Waals surface area contributed by atoms with Crippen LogP contribution in [0.15, 0.2) is 64.2 Å². The number of hydrogen-bond acceptors (Lipinski definition) is 5. The summed E-state index contributed by atoms with van der Waals surface area (Å²) in [5.74, 6) is -0.0723. The lowest BCUT2D eigenvalue weighted by Gasteiger charge is -2.25. The molecule has 0 unspecified atom stereocenters. The van der Waals surface area contributed by atoms with Gasteiger partial charge in [0.2, 0.25) is 5.91 Å². The summed E-state index contributed by atoms with van der Waals surface area (Å²) in [5, 5.41) is 4.51. The predicted octanol–water partition coefficient (Wildman–Crippen LogP) is 4.21. The van der Waals surface area contributed by atoms with Crippen LogP contribution in [0.5, 0.6) is 5.75 Å². The Labute approximate surface area is 174 Å². The number of para-hydroxylation sites is 2. The summed E-state index contributed by atoms with van der Waals surface area (Å²) in [5.41, 5.74) is 2.93. The van der Waals surface area contributed by atoms with Crippen molar-refractivity contribution in [1.29, 1.82) is 0 Å².